The molecule has 1 atom stereocenters. The van der Waals surface area contributed by atoms with Gasteiger partial charge in [0.05, 0.1) is 5.69 Å². The Hall–Kier alpha value is -3.71. The molecule has 0 radical (unpaired) electrons. The van der Waals surface area contributed by atoms with E-state index in [1.807, 2.05) is 0 Å². The van der Waals surface area contributed by atoms with Crippen LogP contribution in [0.2, 0.25) is 0 Å². The molecule has 2 aromatic carbocycles. The predicted octanol–water partition coefficient (Wildman–Crippen LogP) is 0.566. The van der Waals surface area contributed by atoms with Crippen LogP contribution >= 0.6 is 0 Å². The minimum Gasteiger partial charge on any atom is -0.271 e. The van der Waals surface area contributed by atoms with Crippen LogP contribution in [0.15, 0.2) is 59.8 Å². The zero-order valence-electron chi connectivity index (χ0n) is 17.1. The van der Waals surface area contributed by atoms with Crippen LogP contribution in [0.5, 0.6) is 0 Å². The van der Waals surface area contributed by atoms with E-state index in [4.69, 9.17) is 0 Å². The topological polar surface area (TPSA) is 148 Å². The number of hydrogen-bond donors (Lipinski definition) is 3. The summed E-state index contributed by atoms with van der Waals surface area (Å²) in [6.45, 7) is 3.21. The Morgan fingerprint density at radius 3 is 2.31 bits per heavy atom. The normalized spacial score (nSPS) is 12.4. The van der Waals surface area contributed by atoms with Crippen LogP contribution in [0.4, 0.5) is 4.39 Å². The number of carbonyl (C=O) groups excluding carboxylic acids is 2. The monoisotopic (exact) mass is 461 g/mol. The number of aromatic nitrogens is 4. The van der Waals surface area contributed by atoms with E-state index < -0.39 is 44.5 Å². The van der Waals surface area contributed by atoms with E-state index in [1.165, 1.54) is 35.3 Å². The number of rotatable bonds is 7. The molecule has 0 aliphatic rings. The van der Waals surface area contributed by atoms with E-state index in [9.17, 15) is 22.4 Å². The molecule has 0 unspecified atom stereocenters. The number of nitrogens with one attached hydrogen (secondary N) is 3. The number of carbonyl (C=O) groups is 2. The quantitative estimate of drug-likeness (QED) is 0.436. The van der Waals surface area contributed by atoms with E-state index in [0.717, 1.165) is 12.1 Å². The second kappa shape index (κ2) is 9.62. The Kier molecular flexibility index (Phi) is 6.90. The Bertz CT molecular complexity index is 1200. The number of halogens is 1. The largest absolute Gasteiger partial charge is 0.271 e. The Labute approximate surface area is 183 Å². The third-order valence-corrected chi connectivity index (χ3v) is 5.87. The number of sulfonamides is 1. The molecule has 3 rings (SSSR count). The summed E-state index contributed by atoms with van der Waals surface area (Å²) >= 11 is 0. The molecule has 2 amide bonds. The highest BCUT2D eigenvalue weighted by Crippen LogP contribution is 2.15. The summed E-state index contributed by atoms with van der Waals surface area (Å²) in [5.74, 6) is -2.87. The van der Waals surface area contributed by atoms with E-state index in [1.54, 1.807) is 26.0 Å². The molecule has 168 valence electrons. The minimum absolute atomic E-state index is 0.232. The van der Waals surface area contributed by atoms with Crippen LogP contribution in [0.25, 0.3) is 5.69 Å². The molecule has 32 heavy (non-hydrogen) atoms. The zero-order valence-corrected chi connectivity index (χ0v) is 17.9. The molecular formula is C19H20FN7O4S. The summed E-state index contributed by atoms with van der Waals surface area (Å²) < 4.78 is 42.5. The van der Waals surface area contributed by atoms with Gasteiger partial charge in [0.25, 0.3) is 11.8 Å². The second-order valence-electron chi connectivity index (χ2n) is 7.02. The summed E-state index contributed by atoms with van der Waals surface area (Å²) in [5.41, 5.74) is 5.28. The minimum atomic E-state index is -4.31. The summed E-state index contributed by atoms with van der Waals surface area (Å²) in [5, 5.41) is 10.8. The second-order valence-corrected chi connectivity index (χ2v) is 8.70. The van der Waals surface area contributed by atoms with Crippen LogP contribution in [-0.4, -0.2) is 46.5 Å². The Morgan fingerprint density at radius 1 is 1.03 bits per heavy atom. The van der Waals surface area contributed by atoms with Gasteiger partial charge >= 0.3 is 0 Å². The van der Waals surface area contributed by atoms with Gasteiger partial charge in [0, 0.05) is 5.56 Å². The van der Waals surface area contributed by atoms with Crippen LogP contribution < -0.4 is 15.6 Å². The SMILES string of the molecule is CC(C)[C@H](NS(=O)(=O)c1ccccc1F)C(=O)NNC(=O)c1ccc(-n2cnnn2)cc1. The predicted molar refractivity (Wildman–Crippen MR) is 110 cm³/mol. The summed E-state index contributed by atoms with van der Waals surface area (Å²) in [7, 11) is -4.31. The molecule has 0 fully saturated rings. The molecule has 0 aliphatic carbocycles. The number of nitrogens with zero attached hydrogens (tertiary/aromatic N) is 4. The highest BCUT2D eigenvalue weighted by Gasteiger charge is 2.30. The van der Waals surface area contributed by atoms with Gasteiger partial charge in [-0.25, -0.2) is 17.5 Å². The van der Waals surface area contributed by atoms with Crippen molar-refractivity contribution in [2.24, 2.45) is 5.92 Å². The van der Waals surface area contributed by atoms with Gasteiger partial charge in [-0.15, -0.1) is 5.10 Å². The molecule has 0 saturated carbocycles. The lowest BCUT2D eigenvalue weighted by Crippen LogP contribution is -2.54. The van der Waals surface area contributed by atoms with Crippen molar-refractivity contribution in [3.8, 4) is 5.69 Å². The van der Waals surface area contributed by atoms with Crippen LogP contribution in [0.1, 0.15) is 24.2 Å². The number of benzene rings is 2. The fourth-order valence-corrected chi connectivity index (χ4v) is 4.12. The third kappa shape index (κ3) is 5.31. The van der Waals surface area contributed by atoms with Crippen LogP contribution in [-0.2, 0) is 14.8 Å². The lowest BCUT2D eigenvalue weighted by molar-refractivity contribution is -0.124. The van der Waals surface area contributed by atoms with E-state index in [2.05, 4.69) is 31.1 Å². The molecular weight excluding hydrogens is 441 g/mol. The standard InChI is InChI=1S/C19H20FN7O4S/c1-12(2)17(24-32(30,31)16-6-4-3-5-15(16)20)19(29)23-22-18(28)13-7-9-14(10-8-13)27-11-21-25-26-27/h3-12,17,24H,1-2H3,(H,22,28)(H,23,29)/t17-/m0/s1. The lowest BCUT2D eigenvalue weighted by Gasteiger charge is -2.22. The van der Waals surface area contributed by atoms with Gasteiger partial charge in [0.2, 0.25) is 10.0 Å². The van der Waals surface area contributed by atoms with Gasteiger partial charge < -0.3 is 0 Å². The molecule has 1 heterocycles. The van der Waals surface area contributed by atoms with Crippen molar-refractivity contribution in [1.29, 1.82) is 0 Å². The maximum absolute atomic E-state index is 13.9. The van der Waals surface area contributed by atoms with Gasteiger partial charge in [-0.3, -0.25) is 20.4 Å². The van der Waals surface area contributed by atoms with E-state index in [0.29, 0.717) is 5.69 Å². The van der Waals surface area contributed by atoms with Crippen LogP contribution in [0.3, 0.4) is 0 Å². The van der Waals surface area contributed by atoms with Crippen molar-refractivity contribution in [3.63, 3.8) is 0 Å². The first kappa shape index (κ1) is 23.0. The molecule has 3 N–H and O–H groups in total. The lowest BCUT2D eigenvalue weighted by atomic mass is 10.1. The van der Waals surface area contributed by atoms with Gasteiger partial charge in [0.1, 0.15) is 23.1 Å². The summed E-state index contributed by atoms with van der Waals surface area (Å²) in [6.07, 6.45) is 1.39. The van der Waals surface area contributed by atoms with E-state index >= 15 is 0 Å². The number of hydrogen-bond acceptors (Lipinski definition) is 7. The first-order valence-corrected chi connectivity index (χ1v) is 10.9. The molecule has 0 bridgehead atoms. The number of hydrazine groups is 1. The van der Waals surface area contributed by atoms with Gasteiger partial charge in [-0.2, -0.15) is 4.72 Å². The van der Waals surface area contributed by atoms with Gasteiger partial charge in [-0.1, -0.05) is 26.0 Å². The number of amides is 2. The molecule has 11 nitrogen and oxygen atoms in total. The molecule has 1 aromatic heterocycles. The first-order chi connectivity index (χ1) is 15.2. The molecule has 13 heteroatoms. The Balaban J connectivity index is 1.65. The van der Waals surface area contributed by atoms with Crippen molar-refractivity contribution in [3.05, 3.63) is 66.2 Å². The average Bonchev–Trinajstić information content (AvgIpc) is 3.31. The highest BCUT2D eigenvalue weighted by molar-refractivity contribution is 7.89. The van der Waals surface area contributed by atoms with Crippen molar-refractivity contribution >= 4 is 21.8 Å². The first-order valence-electron chi connectivity index (χ1n) is 9.39. The van der Waals surface area contributed by atoms with Gasteiger partial charge in [0.15, 0.2) is 0 Å². The summed E-state index contributed by atoms with van der Waals surface area (Å²) in [6, 6.07) is 9.76. The van der Waals surface area contributed by atoms with E-state index in [-0.39, 0.29) is 5.56 Å². The van der Waals surface area contributed by atoms with Crippen molar-refractivity contribution in [2.75, 3.05) is 0 Å². The molecule has 0 saturated heterocycles. The third-order valence-electron chi connectivity index (χ3n) is 4.40. The average molecular weight is 461 g/mol. The fourth-order valence-electron chi connectivity index (χ4n) is 2.70. The van der Waals surface area contributed by atoms with Crippen molar-refractivity contribution in [1.82, 2.24) is 35.8 Å². The number of tetrazole rings is 1. The molecule has 0 spiro atoms. The highest BCUT2D eigenvalue weighted by atomic mass is 32.2. The van der Waals surface area contributed by atoms with Crippen LogP contribution in [0, 0.1) is 11.7 Å². The smallest absolute Gasteiger partial charge is 0.269 e. The maximum atomic E-state index is 13.9. The van der Waals surface area contributed by atoms with Gasteiger partial charge in [-0.05, 0) is 52.7 Å². The van der Waals surface area contributed by atoms with Crippen molar-refractivity contribution < 1.29 is 22.4 Å². The van der Waals surface area contributed by atoms with Crippen molar-refractivity contribution in [2.45, 2.75) is 24.8 Å². The fraction of sp³-hybridized carbons (Fsp3) is 0.211. The summed E-state index contributed by atoms with van der Waals surface area (Å²) in [4.78, 5) is 24.3. The Morgan fingerprint density at radius 2 is 1.72 bits per heavy atom. The maximum Gasteiger partial charge on any atom is 0.269 e. The zero-order chi connectivity index (χ0) is 23.3. The molecule has 0 aliphatic heterocycles. The molecule has 3 aromatic rings.